The van der Waals surface area contributed by atoms with Crippen molar-refractivity contribution in [1.29, 1.82) is 0 Å². The van der Waals surface area contributed by atoms with E-state index in [1.54, 1.807) is 0 Å². The van der Waals surface area contributed by atoms with Gasteiger partial charge in [0, 0.05) is 11.8 Å². The molecule has 2 heterocycles. The van der Waals surface area contributed by atoms with Gasteiger partial charge >= 0.3 is 0 Å². The van der Waals surface area contributed by atoms with Gasteiger partial charge in [-0.15, -0.1) is 0 Å². The highest BCUT2D eigenvalue weighted by Gasteiger charge is 2.31. The predicted octanol–water partition coefficient (Wildman–Crippen LogP) is 1.51. The smallest absolute Gasteiger partial charge is 0.0643 e. The molecule has 0 aliphatic carbocycles. The molecule has 2 aliphatic rings. The van der Waals surface area contributed by atoms with Crippen molar-refractivity contribution in [3.63, 3.8) is 0 Å². The zero-order valence-electron chi connectivity index (χ0n) is 8.51. The largest absolute Gasteiger partial charge is 0.378 e. The number of ether oxygens (including phenoxy) is 1. The van der Waals surface area contributed by atoms with Gasteiger partial charge in [-0.1, -0.05) is 13.8 Å². The summed E-state index contributed by atoms with van der Waals surface area (Å²) in [7, 11) is 0. The first-order valence-electron chi connectivity index (χ1n) is 5.07. The Balaban J connectivity index is 1.78. The van der Waals surface area contributed by atoms with Gasteiger partial charge in [-0.25, -0.2) is 0 Å². The van der Waals surface area contributed by atoms with Crippen molar-refractivity contribution in [3.05, 3.63) is 0 Å². The highest BCUT2D eigenvalue weighted by molar-refractivity contribution is 7.99. The molecule has 0 radical (unpaired) electrons. The molecule has 0 saturated carbocycles. The number of nitrogens with one attached hydrogen (secondary N) is 1. The third-order valence-electron chi connectivity index (χ3n) is 2.72. The van der Waals surface area contributed by atoms with Crippen LogP contribution in [0, 0.1) is 5.41 Å². The third-order valence-corrected chi connectivity index (χ3v) is 4.34. The van der Waals surface area contributed by atoms with E-state index in [0.29, 0.717) is 17.5 Å². The Kier molecular flexibility index (Phi) is 2.86. The summed E-state index contributed by atoms with van der Waals surface area (Å²) in [6.07, 6.45) is 1.32. The lowest BCUT2D eigenvalue weighted by molar-refractivity contribution is -0.0109. The quantitative estimate of drug-likeness (QED) is 0.731. The van der Waals surface area contributed by atoms with E-state index in [0.717, 1.165) is 13.2 Å². The second kappa shape index (κ2) is 3.79. The standard InChI is InChI=1S/C10H19NOS/c1-10(2)3-8(6-13-7-10)11-9-4-12-5-9/h8-9,11H,3-7H2,1-2H3. The van der Waals surface area contributed by atoms with E-state index >= 15 is 0 Å². The van der Waals surface area contributed by atoms with Crippen molar-refractivity contribution < 1.29 is 4.74 Å². The molecule has 1 atom stereocenters. The molecule has 0 spiro atoms. The van der Waals surface area contributed by atoms with Gasteiger partial charge in [0.25, 0.3) is 0 Å². The molecule has 2 rings (SSSR count). The molecule has 1 N–H and O–H groups in total. The fraction of sp³-hybridized carbons (Fsp3) is 1.00. The first kappa shape index (κ1) is 9.81. The second-order valence-corrected chi connectivity index (χ2v) is 6.01. The molecule has 1 unspecified atom stereocenters. The van der Waals surface area contributed by atoms with Gasteiger partial charge in [0.2, 0.25) is 0 Å². The highest BCUT2D eigenvalue weighted by Crippen LogP contribution is 2.33. The van der Waals surface area contributed by atoms with Gasteiger partial charge in [0.1, 0.15) is 0 Å². The Labute approximate surface area is 84.8 Å². The summed E-state index contributed by atoms with van der Waals surface area (Å²) in [5.41, 5.74) is 0.519. The molecular formula is C10H19NOS. The minimum absolute atomic E-state index is 0.519. The van der Waals surface area contributed by atoms with Crippen molar-refractivity contribution >= 4 is 11.8 Å². The van der Waals surface area contributed by atoms with Crippen LogP contribution in [0.25, 0.3) is 0 Å². The van der Waals surface area contributed by atoms with E-state index in [1.807, 2.05) is 0 Å². The normalized spacial score (nSPS) is 34.2. The number of thioether (sulfide) groups is 1. The Morgan fingerprint density at radius 3 is 2.62 bits per heavy atom. The topological polar surface area (TPSA) is 21.3 Å². The Morgan fingerprint density at radius 1 is 1.31 bits per heavy atom. The summed E-state index contributed by atoms with van der Waals surface area (Å²) in [4.78, 5) is 0. The van der Waals surface area contributed by atoms with Gasteiger partial charge in [-0.05, 0) is 17.6 Å². The molecule has 2 saturated heterocycles. The average molecular weight is 201 g/mol. The van der Waals surface area contributed by atoms with Crippen LogP contribution in [0.3, 0.4) is 0 Å². The molecule has 0 aromatic heterocycles. The molecule has 0 aromatic rings. The summed E-state index contributed by atoms with van der Waals surface area (Å²) >= 11 is 2.08. The highest BCUT2D eigenvalue weighted by atomic mass is 32.2. The number of rotatable bonds is 2. The van der Waals surface area contributed by atoms with Gasteiger partial charge in [-0.2, -0.15) is 11.8 Å². The summed E-state index contributed by atoms with van der Waals surface area (Å²) in [5, 5.41) is 3.67. The van der Waals surface area contributed by atoms with Crippen LogP contribution >= 0.6 is 11.8 Å². The van der Waals surface area contributed by atoms with Crippen molar-refractivity contribution in [1.82, 2.24) is 5.32 Å². The van der Waals surface area contributed by atoms with Crippen molar-refractivity contribution in [2.75, 3.05) is 24.7 Å². The zero-order chi connectivity index (χ0) is 9.31. The van der Waals surface area contributed by atoms with Crippen LogP contribution in [0.4, 0.5) is 0 Å². The van der Waals surface area contributed by atoms with E-state index in [4.69, 9.17) is 4.74 Å². The molecule has 2 nitrogen and oxygen atoms in total. The lowest BCUT2D eigenvalue weighted by atomic mass is 9.87. The molecule has 76 valence electrons. The zero-order valence-corrected chi connectivity index (χ0v) is 9.32. The second-order valence-electron chi connectivity index (χ2n) is 4.98. The SMILES string of the molecule is CC1(C)CSCC(NC2COC2)C1. The first-order valence-corrected chi connectivity index (χ1v) is 6.23. The van der Waals surface area contributed by atoms with E-state index in [-0.39, 0.29) is 0 Å². The van der Waals surface area contributed by atoms with Crippen LogP contribution in [0.5, 0.6) is 0 Å². The number of hydrogen-bond donors (Lipinski definition) is 1. The minimum Gasteiger partial charge on any atom is -0.378 e. The van der Waals surface area contributed by atoms with Gasteiger partial charge in [-0.3, -0.25) is 0 Å². The van der Waals surface area contributed by atoms with Crippen molar-refractivity contribution in [2.45, 2.75) is 32.4 Å². The van der Waals surface area contributed by atoms with E-state index in [1.165, 1.54) is 17.9 Å². The fourth-order valence-electron chi connectivity index (χ4n) is 2.03. The molecule has 0 amide bonds. The Hall–Kier alpha value is 0.270. The van der Waals surface area contributed by atoms with Gasteiger partial charge in [0.05, 0.1) is 19.3 Å². The summed E-state index contributed by atoms with van der Waals surface area (Å²) in [6, 6.07) is 1.35. The van der Waals surface area contributed by atoms with Crippen molar-refractivity contribution in [3.8, 4) is 0 Å². The van der Waals surface area contributed by atoms with Crippen LogP contribution < -0.4 is 5.32 Å². The fourth-order valence-corrected chi connectivity index (χ4v) is 3.32. The molecule has 2 fully saturated rings. The van der Waals surface area contributed by atoms with Gasteiger partial charge < -0.3 is 10.1 Å². The van der Waals surface area contributed by atoms with Crippen LogP contribution in [-0.4, -0.2) is 36.8 Å². The summed E-state index contributed by atoms with van der Waals surface area (Å²) < 4.78 is 5.16. The molecule has 2 aliphatic heterocycles. The Bertz CT molecular complexity index is 180. The van der Waals surface area contributed by atoms with Crippen LogP contribution in [-0.2, 0) is 4.74 Å². The van der Waals surface area contributed by atoms with E-state index in [2.05, 4.69) is 30.9 Å². The van der Waals surface area contributed by atoms with E-state index in [9.17, 15) is 0 Å². The maximum Gasteiger partial charge on any atom is 0.0643 e. The lowest BCUT2D eigenvalue weighted by Crippen LogP contribution is -2.53. The Morgan fingerprint density at radius 2 is 2.08 bits per heavy atom. The average Bonchev–Trinajstić information content (AvgIpc) is 1.95. The van der Waals surface area contributed by atoms with Gasteiger partial charge in [0.15, 0.2) is 0 Å². The van der Waals surface area contributed by atoms with Crippen molar-refractivity contribution in [2.24, 2.45) is 5.41 Å². The molecule has 13 heavy (non-hydrogen) atoms. The lowest BCUT2D eigenvalue weighted by Gasteiger charge is -2.39. The summed E-state index contributed by atoms with van der Waals surface area (Å²) in [6.45, 7) is 6.57. The van der Waals surface area contributed by atoms with Crippen LogP contribution in [0.15, 0.2) is 0 Å². The van der Waals surface area contributed by atoms with Crippen LogP contribution in [0.2, 0.25) is 0 Å². The number of hydrogen-bond acceptors (Lipinski definition) is 3. The van der Waals surface area contributed by atoms with Crippen LogP contribution in [0.1, 0.15) is 20.3 Å². The molecule has 3 heteroatoms. The molecule has 0 bridgehead atoms. The molecule has 0 aromatic carbocycles. The molecular weight excluding hydrogens is 182 g/mol. The minimum atomic E-state index is 0.519. The first-order chi connectivity index (χ1) is 6.16. The predicted molar refractivity (Wildman–Crippen MR) is 57.3 cm³/mol. The van der Waals surface area contributed by atoms with E-state index < -0.39 is 0 Å². The maximum absolute atomic E-state index is 5.16. The third kappa shape index (κ3) is 2.61. The maximum atomic E-state index is 5.16. The summed E-state index contributed by atoms with van der Waals surface area (Å²) in [5.74, 6) is 2.59. The monoisotopic (exact) mass is 201 g/mol.